The fourth-order valence-corrected chi connectivity index (χ4v) is 5.41. The van der Waals surface area contributed by atoms with Crippen molar-refractivity contribution in [3.8, 4) is 0 Å². The first-order valence-corrected chi connectivity index (χ1v) is 12.7. The number of halogens is 1. The van der Waals surface area contributed by atoms with Gasteiger partial charge >= 0.3 is 0 Å². The van der Waals surface area contributed by atoms with Crippen molar-refractivity contribution in [3.05, 3.63) is 121 Å². The lowest BCUT2D eigenvalue weighted by atomic mass is 9.73. The highest BCUT2D eigenvalue weighted by molar-refractivity contribution is 9.10. The number of anilines is 1. The van der Waals surface area contributed by atoms with E-state index in [-0.39, 0.29) is 28.6 Å². The molecule has 0 saturated carbocycles. The summed E-state index contributed by atoms with van der Waals surface area (Å²) in [6, 6.07) is 21.0. The predicted molar refractivity (Wildman–Crippen MR) is 147 cm³/mol. The Morgan fingerprint density at radius 2 is 1.78 bits per heavy atom. The SMILES string of the molecule is Cc1ccc([N+](=O)[O-])cc1N1C(=N)/C(=C(/O)c2ccccc2)C(c2ccc(Br)cc2)C2=C1CCCC2=O. The van der Waals surface area contributed by atoms with Crippen LogP contribution in [0.3, 0.4) is 0 Å². The van der Waals surface area contributed by atoms with Crippen molar-refractivity contribution in [1.82, 2.24) is 0 Å². The fraction of sp³-hybridized carbons (Fsp3) is 0.172. The number of nitro groups is 1. The lowest BCUT2D eigenvalue weighted by Crippen LogP contribution is -2.42. The molecule has 5 rings (SSSR count). The number of hydrogen-bond acceptors (Lipinski definition) is 5. The van der Waals surface area contributed by atoms with Gasteiger partial charge in [0.05, 0.1) is 10.6 Å². The van der Waals surface area contributed by atoms with Gasteiger partial charge in [0.15, 0.2) is 5.78 Å². The number of nitrogens with one attached hydrogen (secondary N) is 1. The quantitative estimate of drug-likeness (QED) is 0.200. The number of nitro benzene ring substituents is 1. The second-order valence-corrected chi connectivity index (χ2v) is 10.1. The lowest BCUT2D eigenvalue weighted by Gasteiger charge is -2.42. The number of carbonyl (C=O) groups is 1. The molecule has 0 bridgehead atoms. The summed E-state index contributed by atoms with van der Waals surface area (Å²) >= 11 is 3.46. The Bertz CT molecular complexity index is 1490. The molecule has 1 aliphatic carbocycles. The molecule has 7 nitrogen and oxygen atoms in total. The third-order valence-electron chi connectivity index (χ3n) is 6.90. The molecule has 0 amide bonds. The number of non-ortho nitro benzene ring substituents is 1. The Morgan fingerprint density at radius 3 is 2.46 bits per heavy atom. The highest BCUT2D eigenvalue weighted by atomic mass is 79.9. The summed E-state index contributed by atoms with van der Waals surface area (Å²) in [4.78, 5) is 26.3. The third-order valence-corrected chi connectivity index (χ3v) is 7.43. The van der Waals surface area contributed by atoms with E-state index in [1.54, 1.807) is 35.2 Å². The maximum atomic E-state index is 13.6. The van der Waals surface area contributed by atoms with Crippen LogP contribution in [0.15, 0.2) is 94.1 Å². The van der Waals surface area contributed by atoms with Gasteiger partial charge in [-0.25, -0.2) is 0 Å². The number of amidine groups is 1. The van der Waals surface area contributed by atoms with Crippen LogP contribution in [0.2, 0.25) is 0 Å². The molecule has 1 unspecified atom stereocenters. The van der Waals surface area contributed by atoms with Gasteiger partial charge in [0.1, 0.15) is 11.6 Å². The summed E-state index contributed by atoms with van der Waals surface area (Å²) in [7, 11) is 0. The van der Waals surface area contributed by atoms with Crippen LogP contribution in [-0.4, -0.2) is 21.6 Å². The van der Waals surface area contributed by atoms with E-state index in [4.69, 9.17) is 0 Å². The Balaban J connectivity index is 1.85. The molecular weight excluding hydrogens is 534 g/mol. The van der Waals surface area contributed by atoms with Crippen molar-refractivity contribution >= 4 is 44.7 Å². The van der Waals surface area contributed by atoms with Gasteiger partial charge in [-0.05, 0) is 43.0 Å². The van der Waals surface area contributed by atoms with Gasteiger partial charge in [-0.3, -0.25) is 25.2 Å². The molecule has 1 atom stereocenters. The Hall–Kier alpha value is -4.04. The number of benzene rings is 3. The number of aliphatic hydroxyl groups is 1. The summed E-state index contributed by atoms with van der Waals surface area (Å²) in [5.41, 5.74) is 3.83. The number of hydrogen-bond donors (Lipinski definition) is 2. The fourth-order valence-electron chi connectivity index (χ4n) is 5.15. The van der Waals surface area contributed by atoms with Crippen LogP contribution in [0.4, 0.5) is 11.4 Å². The molecule has 3 aromatic rings. The molecule has 0 fully saturated rings. The highest BCUT2D eigenvalue weighted by Gasteiger charge is 2.43. The third kappa shape index (κ3) is 4.38. The van der Waals surface area contributed by atoms with Gasteiger partial charge in [0.2, 0.25) is 0 Å². The molecule has 3 aromatic carbocycles. The van der Waals surface area contributed by atoms with Crippen molar-refractivity contribution in [2.45, 2.75) is 32.1 Å². The average molecular weight is 558 g/mol. The zero-order valence-electron chi connectivity index (χ0n) is 20.1. The monoisotopic (exact) mass is 557 g/mol. The number of allylic oxidation sites excluding steroid dienone is 2. The van der Waals surface area contributed by atoms with E-state index in [0.29, 0.717) is 41.8 Å². The minimum atomic E-state index is -0.654. The van der Waals surface area contributed by atoms with E-state index >= 15 is 0 Å². The number of Topliss-reactive ketones (excluding diaryl/α,β-unsaturated/α-hetero) is 1. The summed E-state index contributed by atoms with van der Waals surface area (Å²) in [6.07, 6.45) is 1.52. The van der Waals surface area contributed by atoms with Gasteiger partial charge in [0.25, 0.3) is 5.69 Å². The minimum absolute atomic E-state index is 0.00804. The van der Waals surface area contributed by atoms with Crippen LogP contribution in [0, 0.1) is 22.4 Å². The van der Waals surface area contributed by atoms with Crippen LogP contribution in [-0.2, 0) is 4.79 Å². The van der Waals surface area contributed by atoms with Crippen LogP contribution < -0.4 is 4.90 Å². The minimum Gasteiger partial charge on any atom is -0.507 e. The van der Waals surface area contributed by atoms with Crippen LogP contribution >= 0.6 is 15.9 Å². The van der Waals surface area contributed by atoms with E-state index < -0.39 is 10.8 Å². The number of ketones is 1. The van der Waals surface area contributed by atoms with E-state index in [1.165, 1.54) is 12.1 Å². The molecule has 1 aliphatic heterocycles. The molecule has 186 valence electrons. The first-order valence-electron chi connectivity index (χ1n) is 11.9. The summed E-state index contributed by atoms with van der Waals surface area (Å²) in [5.74, 6) is -0.810. The zero-order valence-corrected chi connectivity index (χ0v) is 21.7. The largest absolute Gasteiger partial charge is 0.507 e. The first-order chi connectivity index (χ1) is 17.8. The summed E-state index contributed by atoms with van der Waals surface area (Å²) < 4.78 is 0.873. The van der Waals surface area contributed by atoms with Gasteiger partial charge in [0, 0.05) is 51.4 Å². The second kappa shape index (κ2) is 9.78. The van der Waals surface area contributed by atoms with Crippen LogP contribution in [0.5, 0.6) is 0 Å². The molecule has 2 aliphatic rings. The Kier molecular flexibility index (Phi) is 6.52. The molecule has 0 radical (unpaired) electrons. The highest BCUT2D eigenvalue weighted by Crippen LogP contribution is 2.48. The number of rotatable bonds is 4. The molecule has 0 aromatic heterocycles. The average Bonchev–Trinajstić information content (AvgIpc) is 2.89. The number of aryl methyl sites for hydroxylation is 1. The molecule has 0 saturated heterocycles. The van der Waals surface area contributed by atoms with Crippen LogP contribution in [0.1, 0.15) is 41.9 Å². The Morgan fingerprint density at radius 1 is 1.08 bits per heavy atom. The molecule has 8 heteroatoms. The second-order valence-electron chi connectivity index (χ2n) is 9.16. The predicted octanol–water partition coefficient (Wildman–Crippen LogP) is 7.22. The van der Waals surface area contributed by atoms with Crippen molar-refractivity contribution in [3.63, 3.8) is 0 Å². The smallest absolute Gasteiger partial charge is 0.271 e. The molecule has 2 N–H and O–H groups in total. The van der Waals surface area contributed by atoms with E-state index in [9.17, 15) is 25.4 Å². The van der Waals surface area contributed by atoms with Crippen molar-refractivity contribution in [1.29, 1.82) is 5.41 Å². The number of carbonyl (C=O) groups excluding carboxylic acids is 1. The maximum absolute atomic E-state index is 13.6. The Labute approximate surface area is 222 Å². The zero-order chi connectivity index (χ0) is 26.3. The van der Waals surface area contributed by atoms with E-state index in [0.717, 1.165) is 15.6 Å². The van der Waals surface area contributed by atoms with Crippen molar-refractivity contribution in [2.24, 2.45) is 0 Å². The van der Waals surface area contributed by atoms with Crippen LogP contribution in [0.25, 0.3) is 5.76 Å². The van der Waals surface area contributed by atoms with Gasteiger partial charge in [-0.1, -0.05) is 64.5 Å². The van der Waals surface area contributed by atoms with E-state index in [1.807, 2.05) is 37.3 Å². The summed E-state index contributed by atoms with van der Waals surface area (Å²) in [6.45, 7) is 1.82. The van der Waals surface area contributed by atoms with Gasteiger partial charge in [-0.15, -0.1) is 0 Å². The van der Waals surface area contributed by atoms with Gasteiger partial charge < -0.3 is 5.11 Å². The number of aliphatic hydroxyl groups excluding tert-OH is 1. The molecule has 0 spiro atoms. The van der Waals surface area contributed by atoms with E-state index in [2.05, 4.69) is 15.9 Å². The first kappa shape index (κ1) is 24.6. The normalized spacial score (nSPS) is 19.1. The van der Waals surface area contributed by atoms with Crippen molar-refractivity contribution < 1.29 is 14.8 Å². The standard InChI is InChI=1S/C29H24BrN3O4/c1-17-10-15-21(33(36)37)16-23(17)32-22-8-5-9-24(34)26(22)25(18-11-13-20(30)14-12-18)27(29(32)31)28(35)19-6-3-2-4-7-19/h2-4,6-7,10-16,25,31,35H,5,8-9H2,1H3/b28-27+,31-29?. The molecule has 37 heavy (non-hydrogen) atoms. The summed E-state index contributed by atoms with van der Waals surface area (Å²) in [5, 5.41) is 32.6. The topological polar surface area (TPSA) is 108 Å². The van der Waals surface area contributed by atoms with Crippen molar-refractivity contribution in [2.75, 3.05) is 4.90 Å². The molecule has 1 heterocycles. The molecular formula is C29H24BrN3O4. The van der Waals surface area contributed by atoms with Gasteiger partial charge in [-0.2, -0.15) is 0 Å². The maximum Gasteiger partial charge on any atom is 0.271 e. The number of nitrogens with zero attached hydrogens (tertiary/aromatic N) is 2. The lowest BCUT2D eigenvalue weighted by molar-refractivity contribution is -0.384.